The van der Waals surface area contributed by atoms with E-state index in [9.17, 15) is 4.79 Å². The molecule has 0 saturated carbocycles. The van der Waals surface area contributed by atoms with E-state index in [1.807, 2.05) is 31.9 Å². The highest BCUT2D eigenvalue weighted by Gasteiger charge is 2.13. The lowest BCUT2D eigenvalue weighted by Crippen LogP contribution is -2.37. The van der Waals surface area contributed by atoms with Crippen LogP contribution in [0, 0.1) is 13.8 Å². The fourth-order valence-corrected chi connectivity index (χ4v) is 2.08. The van der Waals surface area contributed by atoms with Crippen molar-refractivity contribution in [3.05, 3.63) is 23.0 Å². The van der Waals surface area contributed by atoms with Gasteiger partial charge in [-0.05, 0) is 19.9 Å². The van der Waals surface area contributed by atoms with Crippen LogP contribution in [0.1, 0.15) is 17.0 Å². The van der Waals surface area contributed by atoms with E-state index in [4.69, 9.17) is 10.5 Å². The summed E-state index contributed by atoms with van der Waals surface area (Å²) < 4.78 is 4.90. The first-order valence-electron chi connectivity index (χ1n) is 6.63. The van der Waals surface area contributed by atoms with E-state index in [0.717, 1.165) is 22.6 Å². The van der Waals surface area contributed by atoms with Gasteiger partial charge in [0.05, 0.1) is 13.2 Å². The number of aryl methyl sites for hydroxylation is 2. The number of hydrogen-bond acceptors (Lipinski definition) is 5. The molecule has 1 heterocycles. The van der Waals surface area contributed by atoms with E-state index in [2.05, 4.69) is 10.3 Å². The molecule has 0 aliphatic carbocycles. The number of rotatable bonds is 7. The molecule has 0 fully saturated rings. The minimum Gasteiger partial charge on any atom is -0.383 e. The van der Waals surface area contributed by atoms with Crippen molar-refractivity contribution in [2.45, 2.75) is 20.4 Å². The summed E-state index contributed by atoms with van der Waals surface area (Å²) in [7, 11) is 3.48. The SMILES string of the molecule is COCCNC(=O)CN(C)c1cc(C)nc(C)c1CN. The highest BCUT2D eigenvalue weighted by atomic mass is 16.5. The number of carbonyl (C=O) groups excluding carboxylic acids is 1. The number of anilines is 1. The normalized spacial score (nSPS) is 10.4. The van der Waals surface area contributed by atoms with Gasteiger partial charge in [0.25, 0.3) is 0 Å². The first kappa shape index (κ1) is 16.4. The quantitative estimate of drug-likeness (QED) is 0.705. The largest absolute Gasteiger partial charge is 0.383 e. The summed E-state index contributed by atoms with van der Waals surface area (Å²) in [4.78, 5) is 18.1. The third-order valence-electron chi connectivity index (χ3n) is 3.06. The molecule has 1 aromatic rings. The number of carbonyl (C=O) groups is 1. The smallest absolute Gasteiger partial charge is 0.239 e. The molecular weight excluding hydrogens is 256 g/mol. The van der Waals surface area contributed by atoms with Gasteiger partial charge < -0.3 is 20.7 Å². The molecule has 1 amide bonds. The van der Waals surface area contributed by atoms with Crippen LogP contribution in [0.25, 0.3) is 0 Å². The average molecular weight is 280 g/mol. The number of nitrogens with one attached hydrogen (secondary N) is 1. The Balaban J connectivity index is 2.76. The Kier molecular flexibility index (Phi) is 6.41. The molecule has 0 spiro atoms. The van der Waals surface area contributed by atoms with Gasteiger partial charge in [-0.1, -0.05) is 0 Å². The number of nitrogens with two attached hydrogens (primary N) is 1. The molecule has 3 N–H and O–H groups in total. The topological polar surface area (TPSA) is 80.5 Å². The number of nitrogens with zero attached hydrogens (tertiary/aromatic N) is 2. The molecule has 0 aliphatic rings. The molecule has 0 aliphatic heterocycles. The first-order valence-corrected chi connectivity index (χ1v) is 6.63. The van der Waals surface area contributed by atoms with Crippen LogP contribution in [0.5, 0.6) is 0 Å². The van der Waals surface area contributed by atoms with E-state index in [0.29, 0.717) is 19.7 Å². The lowest BCUT2D eigenvalue weighted by Gasteiger charge is -2.23. The number of aromatic nitrogens is 1. The first-order chi connectivity index (χ1) is 9.49. The van der Waals surface area contributed by atoms with Crippen LogP contribution in [-0.4, -0.2) is 44.7 Å². The molecule has 112 valence electrons. The minimum absolute atomic E-state index is 0.0420. The third-order valence-corrected chi connectivity index (χ3v) is 3.06. The van der Waals surface area contributed by atoms with Gasteiger partial charge in [0.15, 0.2) is 0 Å². The van der Waals surface area contributed by atoms with Crippen molar-refractivity contribution in [1.29, 1.82) is 0 Å². The molecule has 0 aromatic carbocycles. The molecule has 1 aromatic heterocycles. The number of methoxy groups -OCH3 is 1. The Hall–Kier alpha value is -1.66. The lowest BCUT2D eigenvalue weighted by atomic mass is 10.1. The average Bonchev–Trinajstić information content (AvgIpc) is 2.38. The van der Waals surface area contributed by atoms with Crippen molar-refractivity contribution < 1.29 is 9.53 Å². The molecule has 6 nitrogen and oxygen atoms in total. The highest BCUT2D eigenvalue weighted by molar-refractivity contribution is 5.81. The van der Waals surface area contributed by atoms with Crippen molar-refractivity contribution in [2.75, 3.05) is 38.8 Å². The number of ether oxygens (including phenoxy) is 1. The van der Waals surface area contributed by atoms with E-state index in [1.165, 1.54) is 0 Å². The summed E-state index contributed by atoms with van der Waals surface area (Å²) >= 11 is 0. The van der Waals surface area contributed by atoms with Gasteiger partial charge >= 0.3 is 0 Å². The Morgan fingerprint density at radius 1 is 1.50 bits per heavy atom. The van der Waals surface area contributed by atoms with Crippen LogP contribution in [0.3, 0.4) is 0 Å². The standard InChI is InChI=1S/C14H24N4O2/c1-10-7-13(12(8-15)11(2)17-10)18(3)9-14(19)16-5-6-20-4/h7H,5-6,8-9,15H2,1-4H3,(H,16,19). The van der Waals surface area contributed by atoms with Gasteiger partial charge in [-0.2, -0.15) is 0 Å². The van der Waals surface area contributed by atoms with Gasteiger partial charge in [-0.15, -0.1) is 0 Å². The van der Waals surface area contributed by atoms with Crippen LogP contribution in [-0.2, 0) is 16.1 Å². The van der Waals surface area contributed by atoms with Gasteiger partial charge in [-0.3, -0.25) is 9.78 Å². The molecule has 0 saturated heterocycles. The van der Waals surface area contributed by atoms with Crippen molar-refractivity contribution >= 4 is 11.6 Å². The number of hydrogen-bond donors (Lipinski definition) is 2. The lowest BCUT2D eigenvalue weighted by molar-refractivity contribution is -0.119. The molecule has 0 radical (unpaired) electrons. The van der Waals surface area contributed by atoms with E-state index in [-0.39, 0.29) is 12.5 Å². The van der Waals surface area contributed by atoms with Gasteiger partial charge in [-0.25, -0.2) is 0 Å². The molecule has 1 rings (SSSR count). The van der Waals surface area contributed by atoms with Crippen molar-refractivity contribution in [2.24, 2.45) is 5.73 Å². The Morgan fingerprint density at radius 3 is 2.80 bits per heavy atom. The van der Waals surface area contributed by atoms with E-state index in [1.54, 1.807) is 7.11 Å². The molecule has 20 heavy (non-hydrogen) atoms. The Labute approximate surface area is 120 Å². The van der Waals surface area contributed by atoms with E-state index < -0.39 is 0 Å². The zero-order valence-electron chi connectivity index (χ0n) is 12.7. The molecule has 6 heteroatoms. The van der Waals surface area contributed by atoms with Crippen molar-refractivity contribution in [3.8, 4) is 0 Å². The zero-order chi connectivity index (χ0) is 15.1. The van der Waals surface area contributed by atoms with Crippen LogP contribution >= 0.6 is 0 Å². The molecule has 0 unspecified atom stereocenters. The maximum atomic E-state index is 11.8. The van der Waals surface area contributed by atoms with Gasteiger partial charge in [0, 0.05) is 49.9 Å². The maximum absolute atomic E-state index is 11.8. The number of amides is 1. The maximum Gasteiger partial charge on any atom is 0.239 e. The van der Waals surface area contributed by atoms with Crippen LogP contribution in [0.2, 0.25) is 0 Å². The zero-order valence-corrected chi connectivity index (χ0v) is 12.7. The molecule has 0 bridgehead atoms. The summed E-state index contributed by atoms with van der Waals surface area (Å²) in [6, 6.07) is 1.96. The van der Waals surface area contributed by atoms with Crippen LogP contribution in [0.15, 0.2) is 6.07 Å². The second-order valence-electron chi connectivity index (χ2n) is 4.75. The van der Waals surface area contributed by atoms with Crippen molar-refractivity contribution in [3.63, 3.8) is 0 Å². The number of likely N-dealkylation sites (N-methyl/N-ethyl adjacent to an activating group) is 1. The second kappa shape index (κ2) is 7.81. The predicted molar refractivity (Wildman–Crippen MR) is 79.8 cm³/mol. The fraction of sp³-hybridized carbons (Fsp3) is 0.571. The predicted octanol–water partition coefficient (Wildman–Crippen LogP) is 0.356. The monoisotopic (exact) mass is 280 g/mol. The Morgan fingerprint density at radius 2 is 2.20 bits per heavy atom. The van der Waals surface area contributed by atoms with Crippen LogP contribution < -0.4 is 16.0 Å². The summed E-state index contributed by atoms with van der Waals surface area (Å²) in [5, 5.41) is 2.80. The minimum atomic E-state index is -0.0420. The summed E-state index contributed by atoms with van der Waals surface area (Å²) in [5.41, 5.74) is 9.55. The van der Waals surface area contributed by atoms with Gasteiger partial charge in [0.1, 0.15) is 0 Å². The van der Waals surface area contributed by atoms with Gasteiger partial charge in [0.2, 0.25) is 5.91 Å². The summed E-state index contributed by atoms with van der Waals surface area (Å²) in [6.07, 6.45) is 0. The van der Waals surface area contributed by atoms with E-state index >= 15 is 0 Å². The summed E-state index contributed by atoms with van der Waals surface area (Å²) in [6.45, 7) is 5.58. The third kappa shape index (κ3) is 4.47. The Bertz CT molecular complexity index is 463. The number of pyridine rings is 1. The second-order valence-corrected chi connectivity index (χ2v) is 4.75. The summed E-state index contributed by atoms with van der Waals surface area (Å²) in [5.74, 6) is -0.0420. The van der Waals surface area contributed by atoms with Crippen LogP contribution in [0.4, 0.5) is 5.69 Å². The van der Waals surface area contributed by atoms with Crippen molar-refractivity contribution in [1.82, 2.24) is 10.3 Å². The fourth-order valence-electron chi connectivity index (χ4n) is 2.08. The molecular formula is C14H24N4O2. The molecule has 0 atom stereocenters. The highest BCUT2D eigenvalue weighted by Crippen LogP contribution is 2.22.